The molecule has 0 aliphatic rings. The van der Waals surface area contributed by atoms with E-state index in [0.29, 0.717) is 0 Å². The lowest BCUT2D eigenvalue weighted by molar-refractivity contribution is 1.31. The summed E-state index contributed by atoms with van der Waals surface area (Å²) in [5.41, 5.74) is 1.30. The molecule has 0 spiro atoms. The Bertz CT molecular complexity index is 636. The van der Waals surface area contributed by atoms with Crippen molar-refractivity contribution >= 4 is 22.7 Å². The summed E-state index contributed by atoms with van der Waals surface area (Å²) >= 11 is 1.81. The van der Waals surface area contributed by atoms with Crippen molar-refractivity contribution in [2.75, 3.05) is 5.75 Å². The highest BCUT2D eigenvalue weighted by molar-refractivity contribution is 8.00. The minimum atomic E-state index is 0.143. The fourth-order valence-corrected chi connectivity index (χ4v) is 4.95. The topological polar surface area (TPSA) is 0 Å². The lowest BCUT2D eigenvalue weighted by atomic mass is 10.2. The highest BCUT2D eigenvalue weighted by atomic mass is 32.2. The first-order valence-electron chi connectivity index (χ1n) is 7.52. The molecule has 0 bridgehead atoms. The van der Waals surface area contributed by atoms with Gasteiger partial charge in [-0.25, -0.2) is 0 Å². The maximum Gasteiger partial charge on any atom is 0.160 e. The normalized spacial score (nSPS) is 13.0. The second kappa shape index (κ2) is 8.30. The molecule has 0 amide bonds. The predicted molar refractivity (Wildman–Crippen MR) is 102 cm³/mol. The molecular formula is C20H23S2+. The Morgan fingerprint density at radius 2 is 1.59 bits per heavy atom. The van der Waals surface area contributed by atoms with Crippen LogP contribution in [0.1, 0.15) is 19.4 Å². The Morgan fingerprint density at radius 3 is 2.05 bits per heavy atom. The molecule has 2 rings (SSSR count). The zero-order chi connectivity index (χ0) is 15.9. The van der Waals surface area contributed by atoms with Crippen LogP contribution in [0.3, 0.4) is 0 Å². The van der Waals surface area contributed by atoms with Crippen molar-refractivity contribution in [1.29, 1.82) is 0 Å². The molecule has 2 aromatic rings. The van der Waals surface area contributed by atoms with Gasteiger partial charge in [-0.3, -0.25) is 0 Å². The Hall–Kier alpha value is -1.38. The van der Waals surface area contributed by atoms with Crippen molar-refractivity contribution in [3.63, 3.8) is 0 Å². The molecule has 0 radical (unpaired) electrons. The van der Waals surface area contributed by atoms with Gasteiger partial charge in [0.15, 0.2) is 9.80 Å². The van der Waals surface area contributed by atoms with Crippen molar-refractivity contribution in [3.8, 4) is 0 Å². The summed E-state index contributed by atoms with van der Waals surface area (Å²) in [6, 6.07) is 17.7. The van der Waals surface area contributed by atoms with Crippen LogP contribution < -0.4 is 0 Å². The molecule has 1 unspecified atom stereocenters. The number of aryl methyl sites for hydroxylation is 1. The SMILES string of the molecule is C=C/C(=C\C)[S+](CC)c1ccc(Sc2ccc(C)cc2)cc1. The van der Waals surface area contributed by atoms with E-state index in [9.17, 15) is 0 Å². The molecule has 0 saturated carbocycles. The van der Waals surface area contributed by atoms with E-state index in [-0.39, 0.29) is 10.9 Å². The summed E-state index contributed by atoms with van der Waals surface area (Å²) in [6.07, 6.45) is 4.16. The molecule has 22 heavy (non-hydrogen) atoms. The van der Waals surface area contributed by atoms with Crippen LogP contribution >= 0.6 is 11.8 Å². The van der Waals surface area contributed by atoms with Gasteiger partial charge in [-0.05, 0) is 69.3 Å². The third-order valence-electron chi connectivity index (χ3n) is 3.42. The van der Waals surface area contributed by atoms with E-state index in [1.807, 2.05) is 17.8 Å². The zero-order valence-electron chi connectivity index (χ0n) is 13.5. The Labute approximate surface area is 141 Å². The van der Waals surface area contributed by atoms with E-state index in [2.05, 4.69) is 82.0 Å². The van der Waals surface area contributed by atoms with Crippen LogP contribution in [-0.2, 0) is 10.9 Å². The summed E-state index contributed by atoms with van der Waals surface area (Å²) < 4.78 is 0. The van der Waals surface area contributed by atoms with Crippen LogP contribution in [0.2, 0.25) is 0 Å². The van der Waals surface area contributed by atoms with Crippen LogP contribution in [-0.4, -0.2) is 5.75 Å². The summed E-state index contributed by atoms with van der Waals surface area (Å²) in [7, 11) is 0.143. The number of hydrogen-bond donors (Lipinski definition) is 0. The minimum absolute atomic E-state index is 0.143. The maximum absolute atomic E-state index is 3.94. The van der Waals surface area contributed by atoms with Crippen molar-refractivity contribution in [1.82, 2.24) is 0 Å². The van der Waals surface area contributed by atoms with E-state index in [0.717, 1.165) is 5.75 Å². The largest absolute Gasteiger partial charge is 0.160 e. The highest BCUT2D eigenvalue weighted by Crippen LogP contribution is 2.30. The van der Waals surface area contributed by atoms with Gasteiger partial charge in [0.1, 0.15) is 5.75 Å². The van der Waals surface area contributed by atoms with Gasteiger partial charge in [-0.15, -0.1) is 0 Å². The first-order chi connectivity index (χ1) is 10.7. The summed E-state index contributed by atoms with van der Waals surface area (Å²) in [6.45, 7) is 10.4. The molecule has 0 fully saturated rings. The van der Waals surface area contributed by atoms with Gasteiger partial charge < -0.3 is 0 Å². The second-order valence-corrected chi connectivity index (χ2v) is 8.41. The average molecular weight is 328 g/mol. The molecule has 0 heterocycles. The molecule has 114 valence electrons. The van der Waals surface area contributed by atoms with Crippen LogP contribution in [0.15, 0.2) is 86.9 Å². The van der Waals surface area contributed by atoms with Gasteiger partial charge in [0, 0.05) is 9.79 Å². The fraction of sp³-hybridized carbons (Fsp3) is 0.200. The Balaban J connectivity index is 2.15. The molecule has 0 aliphatic heterocycles. The quantitative estimate of drug-likeness (QED) is 0.447. The molecule has 0 saturated heterocycles. The van der Waals surface area contributed by atoms with E-state index < -0.39 is 0 Å². The van der Waals surface area contributed by atoms with Gasteiger partial charge in [-0.1, -0.05) is 36.0 Å². The van der Waals surface area contributed by atoms with Crippen molar-refractivity contribution in [3.05, 3.63) is 77.7 Å². The Kier molecular flexibility index (Phi) is 6.41. The second-order valence-electron chi connectivity index (χ2n) is 4.96. The van der Waals surface area contributed by atoms with Crippen LogP contribution in [0, 0.1) is 6.92 Å². The van der Waals surface area contributed by atoms with Crippen LogP contribution in [0.25, 0.3) is 0 Å². The number of hydrogen-bond acceptors (Lipinski definition) is 1. The third-order valence-corrected chi connectivity index (χ3v) is 6.83. The van der Waals surface area contributed by atoms with Crippen LogP contribution in [0.5, 0.6) is 0 Å². The molecule has 0 nitrogen and oxygen atoms in total. The van der Waals surface area contributed by atoms with E-state index in [1.54, 1.807) is 0 Å². The number of rotatable bonds is 6. The van der Waals surface area contributed by atoms with Gasteiger partial charge in [0.05, 0.1) is 10.9 Å². The molecular weight excluding hydrogens is 304 g/mol. The molecule has 2 aromatic carbocycles. The van der Waals surface area contributed by atoms with Gasteiger partial charge >= 0.3 is 0 Å². The van der Waals surface area contributed by atoms with Crippen molar-refractivity contribution in [2.45, 2.75) is 35.5 Å². The first kappa shape index (κ1) is 17.0. The first-order valence-corrected chi connectivity index (χ1v) is 9.73. The number of benzene rings is 2. The minimum Gasteiger partial charge on any atom is -0.0941 e. The average Bonchev–Trinajstić information content (AvgIpc) is 2.55. The lowest BCUT2D eigenvalue weighted by Gasteiger charge is -2.07. The molecule has 1 atom stereocenters. The van der Waals surface area contributed by atoms with Gasteiger partial charge in [0.2, 0.25) is 0 Å². The van der Waals surface area contributed by atoms with Gasteiger partial charge in [0.25, 0.3) is 0 Å². The number of allylic oxidation sites excluding steroid dienone is 2. The standard InChI is InChI=1S/C20H23S2/c1-5-19(6-2)22(7-3)20-14-12-18(13-15-20)21-17-10-8-16(4)9-11-17/h5-6,8-15H,1,7H2,2-4H3/q+1/b19-6+. The fourth-order valence-electron chi connectivity index (χ4n) is 2.24. The highest BCUT2D eigenvalue weighted by Gasteiger charge is 2.22. The molecule has 0 N–H and O–H groups in total. The molecule has 0 aromatic heterocycles. The molecule has 2 heteroatoms. The predicted octanol–water partition coefficient (Wildman–Crippen LogP) is 6.23. The smallest absolute Gasteiger partial charge is 0.0941 e. The lowest BCUT2D eigenvalue weighted by Crippen LogP contribution is -2.07. The summed E-state index contributed by atoms with van der Waals surface area (Å²) in [5, 5.41) is 0. The van der Waals surface area contributed by atoms with E-state index in [1.165, 1.54) is 25.2 Å². The van der Waals surface area contributed by atoms with Crippen molar-refractivity contribution < 1.29 is 0 Å². The van der Waals surface area contributed by atoms with Gasteiger partial charge in [-0.2, -0.15) is 0 Å². The van der Waals surface area contributed by atoms with E-state index >= 15 is 0 Å². The Morgan fingerprint density at radius 1 is 1.05 bits per heavy atom. The molecule has 0 aliphatic carbocycles. The monoisotopic (exact) mass is 327 g/mol. The summed E-state index contributed by atoms with van der Waals surface area (Å²) in [5.74, 6) is 1.12. The maximum atomic E-state index is 3.94. The summed E-state index contributed by atoms with van der Waals surface area (Å²) in [4.78, 5) is 5.30. The van der Waals surface area contributed by atoms with Crippen LogP contribution in [0.4, 0.5) is 0 Å². The van der Waals surface area contributed by atoms with Crippen molar-refractivity contribution in [2.24, 2.45) is 0 Å². The zero-order valence-corrected chi connectivity index (χ0v) is 15.1. The van der Waals surface area contributed by atoms with E-state index in [4.69, 9.17) is 0 Å². The third kappa shape index (κ3) is 4.31.